The van der Waals surface area contributed by atoms with Crippen molar-refractivity contribution in [2.75, 3.05) is 24.6 Å². The van der Waals surface area contributed by atoms with Crippen molar-refractivity contribution in [3.63, 3.8) is 0 Å². The van der Waals surface area contributed by atoms with E-state index in [1.807, 2.05) is 25.1 Å². The number of anilines is 1. The second-order valence-electron chi connectivity index (χ2n) is 5.02. The lowest BCUT2D eigenvalue weighted by molar-refractivity contribution is 0.0526. The summed E-state index contributed by atoms with van der Waals surface area (Å²) in [5.74, 6) is 0.982. The average Bonchev–Trinajstić information content (AvgIpc) is 2.47. The topological polar surface area (TPSA) is 38.2 Å². The van der Waals surface area contributed by atoms with E-state index in [0.717, 1.165) is 49.3 Å². The van der Waals surface area contributed by atoms with Gasteiger partial charge in [0, 0.05) is 30.1 Å². The van der Waals surface area contributed by atoms with Crippen molar-refractivity contribution < 1.29 is 4.74 Å². The molecule has 2 aromatic rings. The van der Waals surface area contributed by atoms with Crippen molar-refractivity contribution in [3.8, 4) is 0 Å². The molecule has 1 saturated heterocycles. The number of nitrogens with zero attached hydrogens (tertiary/aromatic N) is 3. The van der Waals surface area contributed by atoms with Crippen LogP contribution >= 0.6 is 11.6 Å². The Balaban J connectivity index is 1.93. The summed E-state index contributed by atoms with van der Waals surface area (Å²) in [6.07, 6.45) is 4.16. The molecule has 0 bridgehead atoms. The first-order chi connectivity index (χ1) is 9.78. The number of piperidine rings is 1. The molecule has 0 saturated carbocycles. The maximum atomic E-state index is 6.03. The minimum absolute atomic E-state index is 0.297. The molecule has 4 nitrogen and oxygen atoms in total. The van der Waals surface area contributed by atoms with E-state index in [1.165, 1.54) is 0 Å². The first kappa shape index (κ1) is 13.6. The van der Waals surface area contributed by atoms with Crippen LogP contribution in [-0.4, -0.2) is 35.8 Å². The lowest BCUT2D eigenvalue weighted by Crippen LogP contribution is -2.40. The lowest BCUT2D eigenvalue weighted by Gasteiger charge is -2.33. The fourth-order valence-electron chi connectivity index (χ4n) is 2.77. The molecule has 0 aliphatic carbocycles. The van der Waals surface area contributed by atoms with Gasteiger partial charge in [-0.05, 0) is 38.0 Å². The maximum absolute atomic E-state index is 6.03. The zero-order valence-electron chi connectivity index (χ0n) is 11.6. The summed E-state index contributed by atoms with van der Waals surface area (Å²) in [7, 11) is 0. The molecule has 1 aliphatic rings. The van der Waals surface area contributed by atoms with E-state index in [4.69, 9.17) is 16.3 Å². The molecule has 106 valence electrons. The Kier molecular flexibility index (Phi) is 4.03. The molecule has 5 heteroatoms. The summed E-state index contributed by atoms with van der Waals surface area (Å²) in [5.41, 5.74) is 0.890. The number of hydrogen-bond donors (Lipinski definition) is 0. The standard InChI is InChI=1S/C15H18ClN3O/c1-2-20-12-4-3-7-19(9-12)15-13-6-5-11(16)8-14(13)17-10-18-15/h5-6,8,10,12H,2-4,7,9H2,1H3. The summed E-state index contributed by atoms with van der Waals surface area (Å²) >= 11 is 6.03. The molecule has 0 radical (unpaired) electrons. The Bertz CT molecular complexity index is 603. The van der Waals surface area contributed by atoms with Crippen LogP contribution in [0.25, 0.3) is 10.9 Å². The van der Waals surface area contributed by atoms with Gasteiger partial charge in [0.25, 0.3) is 0 Å². The zero-order chi connectivity index (χ0) is 13.9. The predicted molar refractivity (Wildman–Crippen MR) is 81.4 cm³/mol. The van der Waals surface area contributed by atoms with Crippen molar-refractivity contribution in [3.05, 3.63) is 29.5 Å². The minimum Gasteiger partial charge on any atom is -0.377 e. The minimum atomic E-state index is 0.297. The number of fused-ring (bicyclic) bond motifs is 1. The van der Waals surface area contributed by atoms with E-state index in [0.29, 0.717) is 11.1 Å². The largest absolute Gasteiger partial charge is 0.377 e. The molecule has 0 N–H and O–H groups in total. The van der Waals surface area contributed by atoms with Crippen LogP contribution in [0.15, 0.2) is 24.5 Å². The molecule has 1 fully saturated rings. The summed E-state index contributed by atoms with van der Waals surface area (Å²) in [4.78, 5) is 11.1. The van der Waals surface area contributed by atoms with Gasteiger partial charge in [0.15, 0.2) is 0 Å². The van der Waals surface area contributed by atoms with Crippen molar-refractivity contribution in [1.82, 2.24) is 9.97 Å². The average molecular weight is 292 g/mol. The van der Waals surface area contributed by atoms with Gasteiger partial charge in [-0.1, -0.05) is 11.6 Å². The Hall–Kier alpha value is -1.39. The van der Waals surface area contributed by atoms with Crippen LogP contribution in [0.2, 0.25) is 5.02 Å². The molecule has 1 aliphatic heterocycles. The number of ether oxygens (including phenoxy) is 1. The number of rotatable bonds is 3. The SMILES string of the molecule is CCOC1CCCN(c2ncnc3cc(Cl)ccc23)C1. The van der Waals surface area contributed by atoms with Crippen molar-refractivity contribution >= 4 is 28.3 Å². The number of benzene rings is 1. The van der Waals surface area contributed by atoms with E-state index in [1.54, 1.807) is 6.33 Å². The summed E-state index contributed by atoms with van der Waals surface area (Å²) in [5, 5.41) is 1.75. The van der Waals surface area contributed by atoms with Crippen molar-refractivity contribution in [1.29, 1.82) is 0 Å². The first-order valence-electron chi connectivity index (χ1n) is 7.04. The normalized spacial score (nSPS) is 19.5. The first-order valence-corrected chi connectivity index (χ1v) is 7.42. The van der Waals surface area contributed by atoms with Gasteiger partial charge in [0.2, 0.25) is 0 Å². The summed E-state index contributed by atoms with van der Waals surface area (Å²) < 4.78 is 5.76. The molecule has 2 heterocycles. The molecular formula is C15H18ClN3O. The molecule has 3 rings (SSSR count). The second-order valence-corrected chi connectivity index (χ2v) is 5.46. The third-order valence-electron chi connectivity index (χ3n) is 3.66. The van der Waals surface area contributed by atoms with Crippen LogP contribution in [-0.2, 0) is 4.74 Å². The fourth-order valence-corrected chi connectivity index (χ4v) is 2.94. The van der Waals surface area contributed by atoms with Gasteiger partial charge < -0.3 is 9.64 Å². The van der Waals surface area contributed by atoms with Gasteiger partial charge in [-0.15, -0.1) is 0 Å². The number of halogens is 1. The van der Waals surface area contributed by atoms with E-state index in [-0.39, 0.29) is 0 Å². The van der Waals surface area contributed by atoms with Crippen molar-refractivity contribution in [2.24, 2.45) is 0 Å². The van der Waals surface area contributed by atoms with Gasteiger partial charge in [0.05, 0.1) is 11.6 Å². The van der Waals surface area contributed by atoms with Crippen LogP contribution in [0.5, 0.6) is 0 Å². The lowest BCUT2D eigenvalue weighted by atomic mass is 10.1. The third kappa shape index (κ3) is 2.72. The van der Waals surface area contributed by atoms with Crippen LogP contribution in [0.3, 0.4) is 0 Å². The van der Waals surface area contributed by atoms with Crippen LogP contribution in [0.1, 0.15) is 19.8 Å². The molecule has 0 spiro atoms. The summed E-state index contributed by atoms with van der Waals surface area (Å²) in [6, 6.07) is 5.77. The monoisotopic (exact) mass is 291 g/mol. The molecule has 0 amide bonds. The van der Waals surface area contributed by atoms with Gasteiger partial charge in [-0.3, -0.25) is 0 Å². The third-order valence-corrected chi connectivity index (χ3v) is 3.89. The fraction of sp³-hybridized carbons (Fsp3) is 0.467. The quantitative estimate of drug-likeness (QED) is 0.870. The van der Waals surface area contributed by atoms with Crippen molar-refractivity contribution in [2.45, 2.75) is 25.9 Å². The maximum Gasteiger partial charge on any atom is 0.139 e. The highest BCUT2D eigenvalue weighted by molar-refractivity contribution is 6.31. The number of aromatic nitrogens is 2. The van der Waals surface area contributed by atoms with E-state index < -0.39 is 0 Å². The molecule has 1 unspecified atom stereocenters. The number of hydrogen-bond acceptors (Lipinski definition) is 4. The van der Waals surface area contributed by atoms with E-state index >= 15 is 0 Å². The van der Waals surface area contributed by atoms with Crippen LogP contribution in [0.4, 0.5) is 5.82 Å². The van der Waals surface area contributed by atoms with Gasteiger partial charge in [0.1, 0.15) is 12.1 Å². The Morgan fingerprint density at radius 1 is 1.40 bits per heavy atom. The highest BCUT2D eigenvalue weighted by atomic mass is 35.5. The molecule has 1 aromatic carbocycles. The Labute approximate surface area is 123 Å². The predicted octanol–water partition coefficient (Wildman–Crippen LogP) is 3.29. The second kappa shape index (κ2) is 5.94. The van der Waals surface area contributed by atoms with Crippen LogP contribution in [0, 0.1) is 0 Å². The Morgan fingerprint density at radius 2 is 2.30 bits per heavy atom. The molecule has 20 heavy (non-hydrogen) atoms. The zero-order valence-corrected chi connectivity index (χ0v) is 12.3. The summed E-state index contributed by atoms with van der Waals surface area (Å²) in [6.45, 7) is 4.71. The highest BCUT2D eigenvalue weighted by Crippen LogP contribution is 2.27. The molecule has 1 atom stereocenters. The van der Waals surface area contributed by atoms with E-state index in [2.05, 4.69) is 14.9 Å². The molecular weight excluding hydrogens is 274 g/mol. The highest BCUT2D eigenvalue weighted by Gasteiger charge is 2.22. The van der Waals surface area contributed by atoms with Gasteiger partial charge >= 0.3 is 0 Å². The van der Waals surface area contributed by atoms with Gasteiger partial charge in [-0.25, -0.2) is 9.97 Å². The van der Waals surface area contributed by atoms with E-state index in [9.17, 15) is 0 Å². The molecule has 1 aromatic heterocycles. The van der Waals surface area contributed by atoms with Gasteiger partial charge in [-0.2, -0.15) is 0 Å². The Morgan fingerprint density at radius 3 is 3.15 bits per heavy atom. The van der Waals surface area contributed by atoms with Crippen LogP contribution < -0.4 is 4.90 Å². The smallest absolute Gasteiger partial charge is 0.139 e.